The van der Waals surface area contributed by atoms with E-state index in [0.29, 0.717) is 23.4 Å². The molecule has 256 valence electrons. The summed E-state index contributed by atoms with van der Waals surface area (Å²) in [5.74, 6) is -3.60. The van der Waals surface area contributed by atoms with Gasteiger partial charge in [-0.1, -0.05) is 74.0 Å². The van der Waals surface area contributed by atoms with E-state index in [2.05, 4.69) is 16.0 Å². The number of ether oxygens (including phenoxy) is 1. The van der Waals surface area contributed by atoms with Crippen LogP contribution in [0, 0.1) is 5.92 Å². The third kappa shape index (κ3) is 11.5. The van der Waals surface area contributed by atoms with Crippen LogP contribution in [0.3, 0.4) is 0 Å². The molecule has 4 N–H and O–H groups in total. The van der Waals surface area contributed by atoms with E-state index in [9.17, 15) is 37.9 Å². The fourth-order valence-corrected chi connectivity index (χ4v) is 5.56. The van der Waals surface area contributed by atoms with Crippen molar-refractivity contribution in [3.8, 4) is 0 Å². The molecule has 1 aliphatic rings. The van der Waals surface area contributed by atoms with E-state index in [4.69, 9.17) is 16.3 Å². The van der Waals surface area contributed by atoms with Crippen LogP contribution in [0.4, 0.5) is 13.6 Å². The van der Waals surface area contributed by atoms with Crippen molar-refractivity contribution < 1.29 is 42.6 Å². The number of aliphatic carboxylic acids is 1. The Bertz CT molecular complexity index is 1380. The number of carboxylic acids is 1. The molecule has 0 radical (unpaired) electrons. The molecule has 11 nitrogen and oxygen atoms in total. The number of likely N-dealkylation sites (tertiary alicyclic amines) is 1. The van der Waals surface area contributed by atoms with Crippen molar-refractivity contribution in [2.24, 2.45) is 5.92 Å². The number of carboxylic acid groups (broad SMARTS) is 1. The summed E-state index contributed by atoms with van der Waals surface area (Å²) in [5, 5.41) is 17.2. The van der Waals surface area contributed by atoms with Crippen LogP contribution in [0.1, 0.15) is 63.1 Å². The molecule has 2 aromatic rings. The standard InChI is InChI=1S/C33H41ClF2N4O7/c1-20(2)19-47-33(46)39-24(12-15-29(41)42)32(45)40-26(22-9-4-3-5-10-22)13-14-27(40)31(44)38-25(18-28(35)36)30(43)37-17-16-21-8-6-7-11-23(21)34/h3-11,20,24-28H,12-19H2,1-2H3,(H,37,43)(H,38,44)(H,39,46)(H,41,42)/t24-,25+,26?,27+/m1/s1. The van der Waals surface area contributed by atoms with Crippen LogP contribution in [0.25, 0.3) is 0 Å². The molecule has 4 amide bonds. The highest BCUT2D eigenvalue weighted by Gasteiger charge is 2.45. The monoisotopic (exact) mass is 678 g/mol. The molecule has 1 saturated heterocycles. The van der Waals surface area contributed by atoms with E-state index in [1.807, 2.05) is 13.8 Å². The van der Waals surface area contributed by atoms with Crippen LogP contribution in [-0.4, -0.2) is 77.5 Å². The van der Waals surface area contributed by atoms with Crippen LogP contribution in [-0.2, 0) is 30.3 Å². The van der Waals surface area contributed by atoms with Gasteiger partial charge in [-0.15, -0.1) is 0 Å². The van der Waals surface area contributed by atoms with Crippen molar-refractivity contribution in [2.45, 2.75) is 83.0 Å². The lowest BCUT2D eigenvalue weighted by Crippen LogP contribution is -2.57. The Hall–Kier alpha value is -4.26. The first kappa shape index (κ1) is 37.2. The number of rotatable bonds is 16. The molecule has 0 saturated carbocycles. The summed E-state index contributed by atoms with van der Waals surface area (Å²) in [6.45, 7) is 3.77. The van der Waals surface area contributed by atoms with E-state index < -0.39 is 73.2 Å². The summed E-state index contributed by atoms with van der Waals surface area (Å²) < 4.78 is 32.3. The number of hydrogen-bond acceptors (Lipinski definition) is 6. The Morgan fingerprint density at radius 2 is 1.66 bits per heavy atom. The maximum Gasteiger partial charge on any atom is 0.407 e. The van der Waals surface area contributed by atoms with Crippen molar-refractivity contribution in [1.29, 1.82) is 0 Å². The summed E-state index contributed by atoms with van der Waals surface area (Å²) in [4.78, 5) is 66.0. The van der Waals surface area contributed by atoms with Gasteiger partial charge >= 0.3 is 12.1 Å². The first-order valence-electron chi connectivity index (χ1n) is 15.5. The van der Waals surface area contributed by atoms with Crippen LogP contribution >= 0.6 is 11.6 Å². The predicted octanol–water partition coefficient (Wildman–Crippen LogP) is 4.49. The highest BCUT2D eigenvalue weighted by Crippen LogP contribution is 2.37. The zero-order valence-electron chi connectivity index (χ0n) is 26.3. The van der Waals surface area contributed by atoms with E-state index >= 15 is 0 Å². The second kappa shape index (κ2) is 18.2. The Kier molecular flexibility index (Phi) is 14.4. The van der Waals surface area contributed by atoms with Gasteiger partial charge in [0.05, 0.1) is 12.6 Å². The zero-order valence-corrected chi connectivity index (χ0v) is 27.1. The summed E-state index contributed by atoms with van der Waals surface area (Å²) in [7, 11) is 0. The van der Waals surface area contributed by atoms with Gasteiger partial charge in [-0.25, -0.2) is 13.6 Å². The molecule has 1 fully saturated rings. The molecule has 1 heterocycles. The molecule has 14 heteroatoms. The van der Waals surface area contributed by atoms with Gasteiger partial charge in [0, 0.05) is 24.4 Å². The van der Waals surface area contributed by atoms with Gasteiger partial charge in [0.1, 0.15) is 18.1 Å². The summed E-state index contributed by atoms with van der Waals surface area (Å²) in [5.41, 5.74) is 1.42. The van der Waals surface area contributed by atoms with Gasteiger partial charge < -0.3 is 30.7 Å². The Labute approximate surface area is 277 Å². The number of nitrogens with one attached hydrogen (secondary N) is 3. The number of alkyl halides is 2. The molecule has 0 bridgehead atoms. The molecule has 47 heavy (non-hydrogen) atoms. The minimum Gasteiger partial charge on any atom is -0.481 e. The van der Waals surface area contributed by atoms with Crippen LogP contribution in [0.15, 0.2) is 54.6 Å². The lowest BCUT2D eigenvalue weighted by Gasteiger charge is -2.34. The number of hydrogen-bond donors (Lipinski definition) is 4. The number of nitrogens with zero attached hydrogens (tertiary/aromatic N) is 1. The molecule has 4 atom stereocenters. The molecule has 0 aromatic heterocycles. The van der Waals surface area contributed by atoms with E-state index in [1.165, 1.54) is 4.90 Å². The predicted molar refractivity (Wildman–Crippen MR) is 170 cm³/mol. The van der Waals surface area contributed by atoms with Gasteiger partial charge in [-0.05, 0) is 48.8 Å². The highest BCUT2D eigenvalue weighted by molar-refractivity contribution is 6.31. The lowest BCUT2D eigenvalue weighted by atomic mass is 10.0. The summed E-state index contributed by atoms with van der Waals surface area (Å²) in [6, 6.07) is 10.9. The molecular weight excluding hydrogens is 638 g/mol. The first-order valence-corrected chi connectivity index (χ1v) is 15.9. The molecule has 2 aromatic carbocycles. The third-order valence-corrected chi connectivity index (χ3v) is 7.98. The Morgan fingerprint density at radius 3 is 2.30 bits per heavy atom. The SMILES string of the molecule is CC(C)COC(=O)N[C@H](CCC(=O)O)C(=O)N1C(c2ccccc2)CC[C@H]1C(=O)N[C@@H](CC(F)F)C(=O)NCCc1ccccc1Cl. The summed E-state index contributed by atoms with van der Waals surface area (Å²) in [6.07, 6.45) is -4.81. The second-order valence-electron chi connectivity index (χ2n) is 11.7. The molecule has 0 aliphatic carbocycles. The van der Waals surface area contributed by atoms with Gasteiger partial charge in [0.15, 0.2) is 0 Å². The van der Waals surface area contributed by atoms with Crippen LogP contribution in [0.5, 0.6) is 0 Å². The van der Waals surface area contributed by atoms with Crippen molar-refractivity contribution in [1.82, 2.24) is 20.9 Å². The average molecular weight is 679 g/mol. The topological polar surface area (TPSA) is 154 Å². The molecule has 0 spiro atoms. The normalized spacial score (nSPS) is 17.2. The largest absolute Gasteiger partial charge is 0.481 e. The Morgan fingerprint density at radius 1 is 0.979 bits per heavy atom. The molecular formula is C33H41ClF2N4O7. The van der Waals surface area contributed by atoms with Crippen molar-refractivity contribution in [2.75, 3.05) is 13.2 Å². The number of amides is 4. The number of halogens is 3. The third-order valence-electron chi connectivity index (χ3n) is 7.61. The van der Waals surface area contributed by atoms with Crippen molar-refractivity contribution in [3.05, 3.63) is 70.7 Å². The van der Waals surface area contributed by atoms with Crippen molar-refractivity contribution in [3.63, 3.8) is 0 Å². The van der Waals surface area contributed by atoms with Gasteiger partial charge in [0.2, 0.25) is 24.1 Å². The van der Waals surface area contributed by atoms with E-state index in [-0.39, 0.29) is 31.9 Å². The van der Waals surface area contributed by atoms with Gasteiger partial charge in [0.25, 0.3) is 0 Å². The fourth-order valence-electron chi connectivity index (χ4n) is 5.33. The van der Waals surface area contributed by atoms with Gasteiger partial charge in [-0.2, -0.15) is 0 Å². The van der Waals surface area contributed by atoms with E-state index in [0.717, 1.165) is 5.56 Å². The van der Waals surface area contributed by atoms with Gasteiger partial charge in [-0.3, -0.25) is 19.2 Å². The first-order chi connectivity index (χ1) is 22.4. The molecule has 1 aliphatic heterocycles. The second-order valence-corrected chi connectivity index (χ2v) is 12.1. The minimum absolute atomic E-state index is 0.00225. The lowest BCUT2D eigenvalue weighted by molar-refractivity contribution is -0.143. The average Bonchev–Trinajstić information content (AvgIpc) is 3.48. The van der Waals surface area contributed by atoms with E-state index in [1.54, 1.807) is 54.6 Å². The smallest absolute Gasteiger partial charge is 0.407 e. The maximum atomic E-state index is 14.1. The molecule has 1 unspecified atom stereocenters. The fraction of sp³-hybridized carbons (Fsp3) is 0.485. The highest BCUT2D eigenvalue weighted by atomic mass is 35.5. The number of alkyl carbamates (subject to hydrolysis) is 1. The quantitative estimate of drug-likeness (QED) is 0.204. The number of carbonyl (C=O) groups is 5. The van der Waals surface area contributed by atoms with Crippen LogP contribution < -0.4 is 16.0 Å². The number of carbonyl (C=O) groups excluding carboxylic acids is 4. The maximum absolute atomic E-state index is 14.1. The summed E-state index contributed by atoms with van der Waals surface area (Å²) >= 11 is 6.16. The van der Waals surface area contributed by atoms with Crippen LogP contribution in [0.2, 0.25) is 5.02 Å². The minimum atomic E-state index is -2.92. The number of benzene rings is 2. The zero-order chi connectivity index (χ0) is 34.5. The van der Waals surface area contributed by atoms with Crippen molar-refractivity contribution >= 4 is 41.4 Å². The Balaban J connectivity index is 1.83. The molecule has 3 rings (SSSR count).